The van der Waals surface area contributed by atoms with Gasteiger partial charge in [-0.05, 0) is 45.5 Å². The smallest absolute Gasteiger partial charge is 0.183 e. The summed E-state index contributed by atoms with van der Waals surface area (Å²) in [5.74, 6) is 0. The summed E-state index contributed by atoms with van der Waals surface area (Å²) >= 11 is 7.82. The molecule has 3 nitrogen and oxygen atoms in total. The highest BCUT2D eigenvalue weighted by atomic mass is 35.5. The lowest BCUT2D eigenvalue weighted by molar-refractivity contribution is 0.0739. The molecule has 0 spiro atoms. The number of halogens is 1. The minimum Gasteiger partial charge on any atom is -0.360 e. The number of rotatable bonds is 4. The van der Waals surface area contributed by atoms with Gasteiger partial charge in [-0.25, -0.2) is 4.98 Å². The maximum atomic E-state index is 6.18. The van der Waals surface area contributed by atoms with Crippen molar-refractivity contribution in [1.82, 2.24) is 9.88 Å². The van der Waals surface area contributed by atoms with Crippen LogP contribution in [0.3, 0.4) is 0 Å². The van der Waals surface area contributed by atoms with Gasteiger partial charge in [0.05, 0.1) is 15.2 Å². The second-order valence-electron chi connectivity index (χ2n) is 5.43. The van der Waals surface area contributed by atoms with Crippen LogP contribution in [-0.2, 0) is 0 Å². The van der Waals surface area contributed by atoms with Crippen molar-refractivity contribution in [3.8, 4) is 0 Å². The van der Waals surface area contributed by atoms with Gasteiger partial charge in [-0.1, -0.05) is 29.0 Å². The molecule has 0 radical (unpaired) electrons. The molecule has 5 heteroatoms. The number of fused-ring (bicyclic) bond motifs is 1. The first-order chi connectivity index (χ1) is 9.11. The predicted molar refractivity (Wildman–Crippen MR) is 83.4 cm³/mol. The molecule has 1 heterocycles. The zero-order chi connectivity index (χ0) is 13.5. The van der Waals surface area contributed by atoms with Crippen LogP contribution in [0.1, 0.15) is 19.3 Å². The van der Waals surface area contributed by atoms with E-state index in [0.717, 1.165) is 26.9 Å². The molecule has 1 saturated carbocycles. The molecule has 1 aliphatic rings. The Morgan fingerprint density at radius 1 is 1.42 bits per heavy atom. The van der Waals surface area contributed by atoms with Crippen molar-refractivity contribution in [1.29, 1.82) is 0 Å². The normalized spacial score (nSPS) is 17.7. The lowest BCUT2D eigenvalue weighted by Gasteiger charge is -2.47. The number of likely N-dealkylation sites (N-methyl/N-ethyl adjacent to an activating group) is 1. The van der Waals surface area contributed by atoms with Crippen LogP contribution in [0.4, 0.5) is 5.13 Å². The Labute approximate surface area is 122 Å². The van der Waals surface area contributed by atoms with E-state index in [1.807, 2.05) is 18.2 Å². The second-order valence-corrected chi connectivity index (χ2v) is 6.84. The molecule has 0 saturated heterocycles. The van der Waals surface area contributed by atoms with E-state index in [1.165, 1.54) is 19.3 Å². The van der Waals surface area contributed by atoms with Crippen LogP contribution in [0.5, 0.6) is 0 Å². The highest BCUT2D eigenvalue weighted by Gasteiger charge is 2.38. The molecule has 0 unspecified atom stereocenters. The van der Waals surface area contributed by atoms with Crippen molar-refractivity contribution in [3.05, 3.63) is 23.2 Å². The van der Waals surface area contributed by atoms with Crippen molar-refractivity contribution in [3.63, 3.8) is 0 Å². The Morgan fingerprint density at radius 3 is 2.79 bits per heavy atom. The van der Waals surface area contributed by atoms with Crippen molar-refractivity contribution in [2.24, 2.45) is 0 Å². The Bertz CT molecular complexity index is 589. The maximum Gasteiger partial charge on any atom is 0.183 e. The van der Waals surface area contributed by atoms with Gasteiger partial charge in [0.15, 0.2) is 5.13 Å². The zero-order valence-corrected chi connectivity index (χ0v) is 12.8. The molecule has 0 aliphatic heterocycles. The third-order valence-electron chi connectivity index (χ3n) is 4.17. The van der Waals surface area contributed by atoms with Gasteiger partial charge in [0, 0.05) is 12.1 Å². The van der Waals surface area contributed by atoms with Gasteiger partial charge in [0.25, 0.3) is 0 Å². The number of anilines is 1. The highest BCUT2D eigenvalue weighted by Crippen LogP contribution is 2.37. The van der Waals surface area contributed by atoms with E-state index < -0.39 is 0 Å². The quantitative estimate of drug-likeness (QED) is 0.929. The number of thiazole rings is 1. The molecule has 19 heavy (non-hydrogen) atoms. The van der Waals surface area contributed by atoms with Crippen LogP contribution in [0.2, 0.25) is 5.02 Å². The van der Waals surface area contributed by atoms with Crippen molar-refractivity contribution in [2.45, 2.75) is 24.8 Å². The second kappa shape index (κ2) is 4.93. The number of nitrogens with one attached hydrogen (secondary N) is 1. The number of benzene rings is 1. The molecule has 1 aromatic heterocycles. The van der Waals surface area contributed by atoms with Crippen LogP contribution in [0.25, 0.3) is 10.2 Å². The first kappa shape index (κ1) is 13.2. The topological polar surface area (TPSA) is 28.2 Å². The zero-order valence-electron chi connectivity index (χ0n) is 11.2. The van der Waals surface area contributed by atoms with Crippen LogP contribution in [0, 0.1) is 0 Å². The fourth-order valence-corrected chi connectivity index (χ4v) is 3.75. The minimum absolute atomic E-state index is 0.307. The Morgan fingerprint density at radius 2 is 2.21 bits per heavy atom. The molecular weight excluding hydrogens is 278 g/mol. The number of hydrogen-bond donors (Lipinski definition) is 1. The van der Waals surface area contributed by atoms with Crippen molar-refractivity contribution >= 4 is 38.3 Å². The van der Waals surface area contributed by atoms with Gasteiger partial charge in [0.2, 0.25) is 0 Å². The lowest BCUT2D eigenvalue weighted by atomic mass is 9.75. The molecule has 0 amide bonds. The molecular formula is C14H18ClN3S. The fraction of sp³-hybridized carbons (Fsp3) is 0.500. The van der Waals surface area contributed by atoms with E-state index in [1.54, 1.807) is 11.3 Å². The molecule has 102 valence electrons. The van der Waals surface area contributed by atoms with Gasteiger partial charge < -0.3 is 10.2 Å². The van der Waals surface area contributed by atoms with Gasteiger partial charge in [-0.3, -0.25) is 0 Å². The number of hydrogen-bond acceptors (Lipinski definition) is 4. The summed E-state index contributed by atoms with van der Waals surface area (Å²) in [5.41, 5.74) is 1.29. The number of nitrogens with zero attached hydrogens (tertiary/aromatic N) is 2. The van der Waals surface area contributed by atoms with Gasteiger partial charge >= 0.3 is 0 Å². The molecule has 1 aliphatic carbocycles. The van der Waals surface area contributed by atoms with Gasteiger partial charge in [0.1, 0.15) is 0 Å². The molecule has 0 bridgehead atoms. The largest absolute Gasteiger partial charge is 0.360 e. The first-order valence-corrected chi connectivity index (χ1v) is 7.77. The predicted octanol–water partition coefficient (Wildman–Crippen LogP) is 3.85. The van der Waals surface area contributed by atoms with Crippen molar-refractivity contribution in [2.75, 3.05) is 26.0 Å². The Balaban J connectivity index is 1.77. The summed E-state index contributed by atoms with van der Waals surface area (Å²) in [6.07, 6.45) is 3.85. The minimum atomic E-state index is 0.307. The third kappa shape index (κ3) is 2.33. The molecule has 2 aromatic rings. The van der Waals surface area contributed by atoms with Crippen LogP contribution in [0.15, 0.2) is 18.2 Å². The molecule has 1 N–H and O–H groups in total. The summed E-state index contributed by atoms with van der Waals surface area (Å²) in [6.45, 7) is 0.956. The summed E-state index contributed by atoms with van der Waals surface area (Å²) in [4.78, 5) is 6.94. The standard InChI is InChI=1S/C14H18ClN3S/c1-18(2)14(7-4-8-14)9-16-13-17-11-6-3-5-10(15)12(11)19-13/h3,5-6H,4,7-9H2,1-2H3,(H,16,17). The summed E-state index contributed by atoms with van der Waals surface area (Å²) in [6, 6.07) is 5.87. The summed E-state index contributed by atoms with van der Waals surface area (Å²) in [5, 5.41) is 5.25. The van der Waals surface area contributed by atoms with Crippen LogP contribution < -0.4 is 5.32 Å². The highest BCUT2D eigenvalue weighted by molar-refractivity contribution is 7.22. The van der Waals surface area contributed by atoms with Crippen LogP contribution >= 0.6 is 22.9 Å². The van der Waals surface area contributed by atoms with Gasteiger partial charge in [-0.2, -0.15) is 0 Å². The van der Waals surface area contributed by atoms with E-state index >= 15 is 0 Å². The first-order valence-electron chi connectivity index (χ1n) is 6.57. The SMILES string of the molecule is CN(C)C1(CNc2nc3cccc(Cl)c3s2)CCC1. The summed E-state index contributed by atoms with van der Waals surface area (Å²) < 4.78 is 1.07. The van der Waals surface area contributed by atoms with E-state index in [2.05, 4.69) is 29.3 Å². The van der Waals surface area contributed by atoms with E-state index in [4.69, 9.17) is 11.6 Å². The van der Waals surface area contributed by atoms with E-state index in [-0.39, 0.29) is 0 Å². The number of aromatic nitrogens is 1. The Hall–Kier alpha value is -0.840. The molecule has 1 fully saturated rings. The van der Waals surface area contributed by atoms with Crippen molar-refractivity contribution < 1.29 is 0 Å². The summed E-state index contributed by atoms with van der Waals surface area (Å²) in [7, 11) is 4.33. The van der Waals surface area contributed by atoms with E-state index in [0.29, 0.717) is 5.54 Å². The third-order valence-corrected chi connectivity index (χ3v) is 5.66. The molecule has 3 rings (SSSR count). The fourth-order valence-electron chi connectivity index (χ4n) is 2.60. The molecule has 0 atom stereocenters. The van der Waals surface area contributed by atoms with Gasteiger partial charge in [-0.15, -0.1) is 0 Å². The monoisotopic (exact) mass is 295 g/mol. The maximum absolute atomic E-state index is 6.18. The average molecular weight is 296 g/mol. The van der Waals surface area contributed by atoms with E-state index in [9.17, 15) is 0 Å². The lowest BCUT2D eigenvalue weighted by Crippen LogP contribution is -2.54. The molecule has 1 aromatic carbocycles. The Kier molecular flexibility index (Phi) is 3.41. The van der Waals surface area contributed by atoms with Crippen LogP contribution in [-0.4, -0.2) is 36.1 Å². The average Bonchev–Trinajstić information content (AvgIpc) is 2.71.